The lowest BCUT2D eigenvalue weighted by Crippen LogP contribution is -2.01. The molecule has 1 aliphatic rings. The minimum absolute atomic E-state index is 0.556. The highest BCUT2D eigenvalue weighted by Crippen LogP contribution is 2.22. The Kier molecular flexibility index (Phi) is 3.41. The van der Waals surface area contributed by atoms with E-state index in [-0.39, 0.29) is 0 Å². The van der Waals surface area contributed by atoms with Crippen molar-refractivity contribution in [1.82, 2.24) is 0 Å². The standard InChI is InChI=1S/C8H15NO/c10-9-7-8-5-3-1-2-4-6-8/h8H,1-7H2. The average Bonchev–Trinajstić information content (AvgIpc) is 2.17. The van der Waals surface area contributed by atoms with Gasteiger partial charge in [-0.2, -0.15) is 4.91 Å². The van der Waals surface area contributed by atoms with Crippen LogP contribution in [0.4, 0.5) is 0 Å². The molecule has 0 aromatic carbocycles. The molecule has 58 valence electrons. The van der Waals surface area contributed by atoms with Crippen molar-refractivity contribution in [2.24, 2.45) is 11.1 Å². The van der Waals surface area contributed by atoms with Crippen molar-refractivity contribution in [2.75, 3.05) is 6.54 Å². The second kappa shape index (κ2) is 4.42. The zero-order valence-electron chi connectivity index (χ0n) is 6.38. The fraction of sp³-hybridized carbons (Fsp3) is 1.00. The van der Waals surface area contributed by atoms with Gasteiger partial charge in [0.2, 0.25) is 0 Å². The first-order chi connectivity index (χ1) is 4.93. The largest absolute Gasteiger partial charge is 0.151 e. The Morgan fingerprint density at radius 1 is 1.10 bits per heavy atom. The fourth-order valence-electron chi connectivity index (χ4n) is 1.65. The quantitative estimate of drug-likeness (QED) is 0.429. The molecule has 1 aliphatic carbocycles. The van der Waals surface area contributed by atoms with Gasteiger partial charge >= 0.3 is 0 Å². The third-order valence-electron chi connectivity index (χ3n) is 2.31. The summed E-state index contributed by atoms with van der Waals surface area (Å²) in [7, 11) is 0. The molecule has 10 heavy (non-hydrogen) atoms. The van der Waals surface area contributed by atoms with Crippen LogP contribution in [0.1, 0.15) is 38.5 Å². The SMILES string of the molecule is O=NCC1CCCCCC1. The van der Waals surface area contributed by atoms with Crippen LogP contribution >= 0.6 is 0 Å². The molecule has 0 radical (unpaired) electrons. The minimum atomic E-state index is 0.556. The van der Waals surface area contributed by atoms with E-state index < -0.39 is 0 Å². The van der Waals surface area contributed by atoms with Crippen LogP contribution in [0.15, 0.2) is 5.18 Å². The zero-order chi connectivity index (χ0) is 7.23. The molecule has 0 atom stereocenters. The summed E-state index contributed by atoms with van der Waals surface area (Å²) in [6.45, 7) is 0.556. The molecular weight excluding hydrogens is 126 g/mol. The number of hydrogen-bond acceptors (Lipinski definition) is 2. The summed E-state index contributed by atoms with van der Waals surface area (Å²) in [4.78, 5) is 9.94. The summed E-state index contributed by atoms with van der Waals surface area (Å²) in [6.07, 6.45) is 7.78. The van der Waals surface area contributed by atoms with Gasteiger partial charge in [-0.15, -0.1) is 0 Å². The van der Waals surface area contributed by atoms with Crippen LogP contribution in [0, 0.1) is 10.8 Å². The van der Waals surface area contributed by atoms with E-state index in [0.717, 1.165) is 0 Å². The first-order valence-electron chi connectivity index (χ1n) is 4.22. The third-order valence-corrected chi connectivity index (χ3v) is 2.31. The highest BCUT2D eigenvalue weighted by atomic mass is 16.3. The molecule has 0 aliphatic heterocycles. The van der Waals surface area contributed by atoms with E-state index >= 15 is 0 Å². The Bertz CT molecular complexity index is 95.4. The average molecular weight is 141 g/mol. The highest BCUT2D eigenvalue weighted by molar-refractivity contribution is 4.65. The molecule has 1 rings (SSSR count). The lowest BCUT2D eigenvalue weighted by molar-refractivity contribution is 0.471. The predicted molar refractivity (Wildman–Crippen MR) is 41.9 cm³/mol. The first-order valence-corrected chi connectivity index (χ1v) is 4.22. The molecule has 0 aromatic rings. The maximum atomic E-state index is 9.94. The Morgan fingerprint density at radius 3 is 2.20 bits per heavy atom. The number of hydrogen-bond donors (Lipinski definition) is 0. The minimum Gasteiger partial charge on any atom is -0.151 e. The molecule has 2 heteroatoms. The zero-order valence-corrected chi connectivity index (χ0v) is 6.38. The van der Waals surface area contributed by atoms with Crippen LogP contribution in [-0.4, -0.2) is 6.54 Å². The van der Waals surface area contributed by atoms with Crippen molar-refractivity contribution in [3.63, 3.8) is 0 Å². The molecule has 0 unspecified atom stereocenters. The monoisotopic (exact) mass is 141 g/mol. The van der Waals surface area contributed by atoms with Gasteiger partial charge in [0.05, 0.1) is 6.54 Å². The maximum absolute atomic E-state index is 9.94. The van der Waals surface area contributed by atoms with E-state index in [0.29, 0.717) is 12.5 Å². The molecule has 0 spiro atoms. The number of rotatable bonds is 2. The van der Waals surface area contributed by atoms with Gasteiger partial charge < -0.3 is 0 Å². The topological polar surface area (TPSA) is 29.4 Å². The molecule has 0 saturated heterocycles. The third kappa shape index (κ3) is 2.46. The smallest absolute Gasteiger partial charge is 0.0839 e. The van der Waals surface area contributed by atoms with Gasteiger partial charge in [0, 0.05) is 0 Å². The van der Waals surface area contributed by atoms with Gasteiger partial charge in [-0.3, -0.25) is 0 Å². The van der Waals surface area contributed by atoms with Gasteiger partial charge in [-0.1, -0.05) is 30.9 Å². The fourth-order valence-corrected chi connectivity index (χ4v) is 1.65. The molecule has 1 fully saturated rings. The van der Waals surface area contributed by atoms with Crippen LogP contribution in [0.25, 0.3) is 0 Å². The van der Waals surface area contributed by atoms with E-state index in [9.17, 15) is 4.91 Å². The second-order valence-corrected chi connectivity index (χ2v) is 3.17. The van der Waals surface area contributed by atoms with Crippen LogP contribution in [0.2, 0.25) is 0 Å². The van der Waals surface area contributed by atoms with Crippen LogP contribution in [-0.2, 0) is 0 Å². The van der Waals surface area contributed by atoms with Crippen molar-refractivity contribution in [3.8, 4) is 0 Å². The Morgan fingerprint density at radius 2 is 1.70 bits per heavy atom. The van der Waals surface area contributed by atoms with E-state index in [1.165, 1.54) is 38.5 Å². The van der Waals surface area contributed by atoms with Gasteiger partial charge in [-0.25, -0.2) is 0 Å². The molecule has 0 bridgehead atoms. The van der Waals surface area contributed by atoms with Crippen molar-refractivity contribution in [1.29, 1.82) is 0 Å². The van der Waals surface area contributed by atoms with Crippen molar-refractivity contribution >= 4 is 0 Å². The van der Waals surface area contributed by atoms with Crippen LogP contribution < -0.4 is 0 Å². The van der Waals surface area contributed by atoms with E-state index in [1.807, 2.05) is 0 Å². The molecule has 0 N–H and O–H groups in total. The van der Waals surface area contributed by atoms with E-state index in [2.05, 4.69) is 5.18 Å². The lowest BCUT2D eigenvalue weighted by Gasteiger charge is -2.06. The summed E-state index contributed by atoms with van der Waals surface area (Å²) in [5.74, 6) is 0.611. The normalized spacial score (nSPS) is 22.0. The van der Waals surface area contributed by atoms with Crippen molar-refractivity contribution < 1.29 is 0 Å². The molecular formula is C8H15NO. The second-order valence-electron chi connectivity index (χ2n) is 3.17. The summed E-state index contributed by atoms with van der Waals surface area (Å²) in [5, 5.41) is 2.95. The van der Waals surface area contributed by atoms with Crippen molar-refractivity contribution in [2.45, 2.75) is 38.5 Å². The maximum Gasteiger partial charge on any atom is 0.0839 e. The van der Waals surface area contributed by atoms with Gasteiger partial charge in [0.15, 0.2) is 0 Å². The molecule has 0 aromatic heterocycles. The van der Waals surface area contributed by atoms with Crippen LogP contribution in [0.3, 0.4) is 0 Å². The number of nitrogens with zero attached hydrogens (tertiary/aromatic N) is 1. The Hall–Kier alpha value is -0.400. The molecule has 1 saturated carbocycles. The molecule has 2 nitrogen and oxygen atoms in total. The van der Waals surface area contributed by atoms with Gasteiger partial charge in [0.25, 0.3) is 0 Å². The summed E-state index contributed by atoms with van der Waals surface area (Å²) in [6, 6.07) is 0. The molecule has 0 amide bonds. The van der Waals surface area contributed by atoms with Gasteiger partial charge in [0.1, 0.15) is 0 Å². The lowest BCUT2D eigenvalue weighted by atomic mass is 10.0. The van der Waals surface area contributed by atoms with Gasteiger partial charge in [-0.05, 0) is 18.8 Å². The van der Waals surface area contributed by atoms with E-state index in [4.69, 9.17) is 0 Å². The molecule has 0 heterocycles. The highest BCUT2D eigenvalue weighted by Gasteiger charge is 2.11. The Labute approximate surface area is 62.0 Å². The van der Waals surface area contributed by atoms with Crippen LogP contribution in [0.5, 0.6) is 0 Å². The summed E-state index contributed by atoms with van der Waals surface area (Å²) < 4.78 is 0. The van der Waals surface area contributed by atoms with Crippen molar-refractivity contribution in [3.05, 3.63) is 4.91 Å². The van der Waals surface area contributed by atoms with E-state index in [1.54, 1.807) is 0 Å². The summed E-state index contributed by atoms with van der Waals surface area (Å²) >= 11 is 0. The Balaban J connectivity index is 2.21. The number of nitroso groups, excluding NO2 is 1. The summed E-state index contributed by atoms with van der Waals surface area (Å²) in [5.41, 5.74) is 0. The predicted octanol–water partition coefficient (Wildman–Crippen LogP) is 2.72. The first kappa shape index (κ1) is 7.70.